The Balaban J connectivity index is 2.34. The van der Waals surface area contributed by atoms with Crippen LogP contribution in [0.25, 0.3) is 0 Å². The molecule has 1 fully saturated rings. The van der Waals surface area contributed by atoms with E-state index in [1.807, 2.05) is 20.8 Å². The molecule has 1 saturated heterocycles. The fourth-order valence-corrected chi connectivity index (χ4v) is 2.75. The molecule has 2 N–H and O–H groups in total. The van der Waals surface area contributed by atoms with E-state index in [1.54, 1.807) is 7.11 Å². The molecule has 0 saturated carbocycles. The van der Waals surface area contributed by atoms with Crippen LogP contribution in [0, 0.1) is 0 Å². The molecule has 27 heavy (non-hydrogen) atoms. The van der Waals surface area contributed by atoms with Gasteiger partial charge in [-0.15, -0.1) is 0 Å². The minimum absolute atomic E-state index is 0.315. The summed E-state index contributed by atoms with van der Waals surface area (Å²) in [7, 11) is 1.71. The van der Waals surface area contributed by atoms with Crippen molar-refractivity contribution in [3.05, 3.63) is 0 Å². The van der Waals surface area contributed by atoms with Crippen LogP contribution in [0.15, 0.2) is 4.99 Å². The molecule has 0 unspecified atom stereocenters. The zero-order valence-electron chi connectivity index (χ0n) is 17.7. The van der Waals surface area contributed by atoms with Crippen molar-refractivity contribution in [2.75, 3.05) is 53.0 Å². The lowest BCUT2D eigenvalue weighted by atomic mass is 10.1. The summed E-state index contributed by atoms with van der Waals surface area (Å²) in [6.45, 7) is 12.7. The van der Waals surface area contributed by atoms with E-state index < -0.39 is 11.7 Å². The number of hydrogen-bond donors (Lipinski definition) is 2. The van der Waals surface area contributed by atoms with Gasteiger partial charge in [-0.3, -0.25) is 4.99 Å². The summed E-state index contributed by atoms with van der Waals surface area (Å²) in [5, 5.41) is 6.06. The van der Waals surface area contributed by atoms with Crippen LogP contribution in [0.2, 0.25) is 0 Å². The lowest BCUT2D eigenvalue weighted by molar-refractivity contribution is 0.00989. The number of guanidine groups is 1. The SMILES string of the molecule is CCNC(=NCCNC(=O)OC(C)(C)C)N1CCC(OCCCOC)CC1. The summed E-state index contributed by atoms with van der Waals surface area (Å²) in [6.07, 6.45) is 2.83. The van der Waals surface area contributed by atoms with Gasteiger partial charge in [0, 0.05) is 46.5 Å². The Kier molecular flexibility index (Phi) is 11.1. The highest BCUT2D eigenvalue weighted by Gasteiger charge is 2.22. The standard InChI is InChI=1S/C19H38N4O4/c1-6-20-17(21-10-11-22-18(24)27-19(2,3)4)23-12-8-16(9-13-23)26-15-7-14-25-5/h16H,6-15H2,1-5H3,(H,20,21)(H,22,24). The van der Waals surface area contributed by atoms with Gasteiger partial charge in [-0.1, -0.05) is 0 Å². The van der Waals surface area contributed by atoms with Crippen molar-refractivity contribution in [2.24, 2.45) is 4.99 Å². The first-order valence-corrected chi connectivity index (χ1v) is 9.96. The molecule has 0 aliphatic carbocycles. The van der Waals surface area contributed by atoms with Gasteiger partial charge in [0.1, 0.15) is 5.60 Å². The lowest BCUT2D eigenvalue weighted by Crippen LogP contribution is -2.47. The zero-order valence-corrected chi connectivity index (χ0v) is 17.7. The molecular weight excluding hydrogens is 348 g/mol. The third-order valence-electron chi connectivity index (χ3n) is 3.96. The van der Waals surface area contributed by atoms with Crippen molar-refractivity contribution < 1.29 is 19.0 Å². The van der Waals surface area contributed by atoms with E-state index in [-0.39, 0.29) is 0 Å². The van der Waals surface area contributed by atoms with Crippen molar-refractivity contribution in [1.82, 2.24) is 15.5 Å². The van der Waals surface area contributed by atoms with Crippen LogP contribution in [-0.2, 0) is 14.2 Å². The van der Waals surface area contributed by atoms with Gasteiger partial charge in [0.05, 0.1) is 12.6 Å². The zero-order chi connectivity index (χ0) is 20.1. The largest absolute Gasteiger partial charge is 0.444 e. The van der Waals surface area contributed by atoms with E-state index >= 15 is 0 Å². The monoisotopic (exact) mass is 386 g/mol. The molecule has 0 atom stereocenters. The number of piperidine rings is 1. The number of rotatable bonds is 9. The quantitative estimate of drug-likeness (QED) is 0.358. The number of nitrogens with one attached hydrogen (secondary N) is 2. The number of aliphatic imine (C=N–C) groups is 1. The van der Waals surface area contributed by atoms with E-state index in [2.05, 4.69) is 27.4 Å². The average molecular weight is 387 g/mol. The summed E-state index contributed by atoms with van der Waals surface area (Å²) < 4.78 is 16.2. The molecule has 1 heterocycles. The van der Waals surface area contributed by atoms with Crippen molar-refractivity contribution >= 4 is 12.1 Å². The third-order valence-corrected chi connectivity index (χ3v) is 3.96. The van der Waals surface area contributed by atoms with Gasteiger partial charge in [-0.05, 0) is 47.0 Å². The normalized spacial score (nSPS) is 16.3. The summed E-state index contributed by atoms with van der Waals surface area (Å²) in [5.41, 5.74) is -0.488. The molecule has 1 amide bonds. The van der Waals surface area contributed by atoms with Crippen molar-refractivity contribution in [3.8, 4) is 0 Å². The van der Waals surface area contributed by atoms with Gasteiger partial charge in [0.15, 0.2) is 5.96 Å². The Morgan fingerprint density at radius 3 is 2.48 bits per heavy atom. The van der Waals surface area contributed by atoms with Crippen molar-refractivity contribution in [2.45, 2.75) is 58.7 Å². The molecule has 158 valence electrons. The van der Waals surface area contributed by atoms with Crippen LogP contribution < -0.4 is 10.6 Å². The van der Waals surface area contributed by atoms with Gasteiger partial charge in [-0.2, -0.15) is 0 Å². The number of ether oxygens (including phenoxy) is 3. The summed E-state index contributed by atoms with van der Waals surface area (Å²) in [6, 6.07) is 0. The maximum Gasteiger partial charge on any atom is 0.407 e. The molecule has 0 radical (unpaired) electrons. The number of carbonyl (C=O) groups is 1. The fourth-order valence-electron chi connectivity index (χ4n) is 2.75. The van der Waals surface area contributed by atoms with E-state index in [9.17, 15) is 4.79 Å². The second-order valence-corrected chi connectivity index (χ2v) is 7.57. The van der Waals surface area contributed by atoms with Gasteiger partial charge in [0.25, 0.3) is 0 Å². The molecular formula is C19H38N4O4. The molecule has 0 aromatic carbocycles. The number of alkyl carbamates (subject to hydrolysis) is 1. The number of hydrogen-bond acceptors (Lipinski definition) is 5. The highest BCUT2D eigenvalue weighted by Crippen LogP contribution is 2.14. The minimum Gasteiger partial charge on any atom is -0.444 e. The molecule has 1 aliphatic rings. The summed E-state index contributed by atoms with van der Waals surface area (Å²) in [5.74, 6) is 0.890. The van der Waals surface area contributed by atoms with Crippen LogP contribution >= 0.6 is 0 Å². The predicted molar refractivity (Wildman–Crippen MR) is 107 cm³/mol. The van der Waals surface area contributed by atoms with E-state index in [1.165, 1.54) is 0 Å². The van der Waals surface area contributed by atoms with Crippen LogP contribution in [0.4, 0.5) is 4.79 Å². The first-order valence-electron chi connectivity index (χ1n) is 9.96. The van der Waals surface area contributed by atoms with Gasteiger partial charge >= 0.3 is 6.09 Å². The van der Waals surface area contributed by atoms with Crippen molar-refractivity contribution in [3.63, 3.8) is 0 Å². The lowest BCUT2D eigenvalue weighted by Gasteiger charge is -2.34. The molecule has 1 rings (SSSR count). The van der Waals surface area contributed by atoms with Crippen LogP contribution in [0.5, 0.6) is 0 Å². The van der Waals surface area contributed by atoms with Crippen molar-refractivity contribution in [1.29, 1.82) is 0 Å². The van der Waals surface area contributed by atoms with Gasteiger partial charge < -0.3 is 29.7 Å². The Morgan fingerprint density at radius 2 is 1.89 bits per heavy atom. The molecule has 1 aliphatic heterocycles. The third kappa shape index (κ3) is 11.0. The fraction of sp³-hybridized carbons (Fsp3) is 0.895. The summed E-state index contributed by atoms with van der Waals surface area (Å²) >= 11 is 0. The molecule has 0 spiro atoms. The van der Waals surface area contributed by atoms with E-state index in [0.29, 0.717) is 19.2 Å². The number of carbonyl (C=O) groups excluding carboxylic acids is 1. The molecule has 0 bridgehead atoms. The van der Waals surface area contributed by atoms with Crippen LogP contribution in [0.3, 0.4) is 0 Å². The maximum absolute atomic E-state index is 11.7. The highest BCUT2D eigenvalue weighted by atomic mass is 16.6. The predicted octanol–water partition coefficient (Wildman–Crippen LogP) is 1.99. The van der Waals surface area contributed by atoms with E-state index in [0.717, 1.165) is 58.1 Å². The Morgan fingerprint density at radius 1 is 1.19 bits per heavy atom. The van der Waals surface area contributed by atoms with Gasteiger partial charge in [-0.25, -0.2) is 4.79 Å². The molecule has 0 aromatic rings. The molecule has 8 nitrogen and oxygen atoms in total. The van der Waals surface area contributed by atoms with Crippen LogP contribution in [-0.4, -0.2) is 81.7 Å². The molecule has 0 aromatic heterocycles. The number of nitrogens with zero attached hydrogens (tertiary/aromatic N) is 2. The topological polar surface area (TPSA) is 84.4 Å². The second-order valence-electron chi connectivity index (χ2n) is 7.57. The Hall–Kier alpha value is -1.54. The molecule has 8 heteroatoms. The first-order chi connectivity index (χ1) is 12.9. The number of amides is 1. The second kappa shape index (κ2) is 12.8. The maximum atomic E-state index is 11.7. The first kappa shape index (κ1) is 23.5. The Labute approximate surface area is 164 Å². The number of likely N-dealkylation sites (tertiary alicyclic amines) is 1. The highest BCUT2D eigenvalue weighted by molar-refractivity contribution is 5.80. The van der Waals surface area contributed by atoms with Crippen LogP contribution in [0.1, 0.15) is 47.0 Å². The summed E-state index contributed by atoms with van der Waals surface area (Å²) in [4.78, 5) is 18.5. The van der Waals surface area contributed by atoms with Gasteiger partial charge in [0.2, 0.25) is 0 Å². The average Bonchev–Trinajstić information content (AvgIpc) is 2.60. The van der Waals surface area contributed by atoms with E-state index in [4.69, 9.17) is 14.2 Å². The minimum atomic E-state index is -0.488. The smallest absolute Gasteiger partial charge is 0.407 e. The Bertz CT molecular complexity index is 443. The number of methoxy groups -OCH3 is 1.